The van der Waals surface area contributed by atoms with Gasteiger partial charge in [0.25, 0.3) is 0 Å². The van der Waals surface area contributed by atoms with Crippen LogP contribution in [-0.4, -0.2) is 23.3 Å². The summed E-state index contributed by atoms with van der Waals surface area (Å²) >= 11 is 0. The number of aryl methyl sites for hydroxylation is 1. The first-order valence-corrected chi connectivity index (χ1v) is 5.60. The Labute approximate surface area is 95.7 Å². The molecule has 3 nitrogen and oxygen atoms in total. The molecule has 0 saturated carbocycles. The summed E-state index contributed by atoms with van der Waals surface area (Å²) in [5, 5.41) is 13.6. The Morgan fingerprint density at radius 3 is 2.81 bits per heavy atom. The molecule has 0 aliphatic heterocycles. The van der Waals surface area contributed by atoms with Gasteiger partial charge in [0, 0.05) is 36.8 Å². The SMILES string of the molecule is CNC(CCO)c1cn(C)c2ccccc12. The third-order valence-corrected chi connectivity index (χ3v) is 3.07. The number of hydrogen-bond acceptors (Lipinski definition) is 2. The molecule has 3 heteroatoms. The molecule has 1 unspecified atom stereocenters. The van der Waals surface area contributed by atoms with Crippen molar-refractivity contribution in [2.24, 2.45) is 7.05 Å². The van der Waals surface area contributed by atoms with Gasteiger partial charge in [-0.15, -0.1) is 0 Å². The summed E-state index contributed by atoms with van der Waals surface area (Å²) in [7, 11) is 3.99. The molecule has 2 aromatic rings. The van der Waals surface area contributed by atoms with E-state index in [-0.39, 0.29) is 12.6 Å². The summed E-state index contributed by atoms with van der Waals surface area (Å²) in [6.45, 7) is 0.203. The van der Waals surface area contributed by atoms with Crippen LogP contribution in [0.25, 0.3) is 10.9 Å². The Bertz CT molecular complexity index is 476. The van der Waals surface area contributed by atoms with Crippen molar-refractivity contribution in [1.82, 2.24) is 9.88 Å². The third kappa shape index (κ3) is 1.84. The van der Waals surface area contributed by atoms with E-state index in [4.69, 9.17) is 5.11 Å². The zero-order valence-corrected chi connectivity index (χ0v) is 9.77. The third-order valence-electron chi connectivity index (χ3n) is 3.07. The van der Waals surface area contributed by atoms with Crippen LogP contribution in [0, 0.1) is 0 Å². The summed E-state index contributed by atoms with van der Waals surface area (Å²) in [6.07, 6.45) is 2.88. The molecule has 0 aliphatic rings. The quantitative estimate of drug-likeness (QED) is 0.821. The number of aliphatic hydroxyl groups excluding tert-OH is 1. The largest absolute Gasteiger partial charge is 0.396 e. The second-order valence-corrected chi connectivity index (χ2v) is 4.07. The van der Waals surface area contributed by atoms with Crippen molar-refractivity contribution in [3.8, 4) is 0 Å². The van der Waals surface area contributed by atoms with Crippen LogP contribution in [-0.2, 0) is 7.05 Å². The van der Waals surface area contributed by atoms with Gasteiger partial charge in [-0.25, -0.2) is 0 Å². The zero-order valence-electron chi connectivity index (χ0n) is 9.77. The number of aliphatic hydroxyl groups is 1. The van der Waals surface area contributed by atoms with Crippen LogP contribution in [0.3, 0.4) is 0 Å². The maximum absolute atomic E-state index is 9.06. The van der Waals surface area contributed by atoms with Crippen molar-refractivity contribution >= 4 is 10.9 Å². The molecular formula is C13H18N2O. The number of aromatic nitrogens is 1. The molecule has 2 N–H and O–H groups in total. The van der Waals surface area contributed by atoms with Crippen molar-refractivity contribution in [2.45, 2.75) is 12.5 Å². The Morgan fingerprint density at radius 2 is 2.12 bits per heavy atom. The molecule has 0 spiro atoms. The fourth-order valence-corrected chi connectivity index (χ4v) is 2.24. The Kier molecular flexibility index (Phi) is 3.27. The fourth-order valence-electron chi connectivity index (χ4n) is 2.24. The van der Waals surface area contributed by atoms with E-state index in [0.29, 0.717) is 0 Å². The highest BCUT2D eigenvalue weighted by molar-refractivity contribution is 5.84. The van der Waals surface area contributed by atoms with Crippen molar-refractivity contribution in [3.63, 3.8) is 0 Å². The molecule has 86 valence electrons. The molecular weight excluding hydrogens is 200 g/mol. The number of rotatable bonds is 4. The van der Waals surface area contributed by atoms with Crippen LogP contribution < -0.4 is 5.32 Å². The van der Waals surface area contributed by atoms with E-state index in [9.17, 15) is 0 Å². The van der Waals surface area contributed by atoms with E-state index in [1.54, 1.807) is 0 Å². The van der Waals surface area contributed by atoms with Crippen LogP contribution in [0.4, 0.5) is 0 Å². The van der Waals surface area contributed by atoms with Gasteiger partial charge in [-0.1, -0.05) is 18.2 Å². The molecule has 16 heavy (non-hydrogen) atoms. The molecule has 1 aromatic heterocycles. The van der Waals surface area contributed by atoms with Crippen molar-refractivity contribution in [2.75, 3.05) is 13.7 Å². The van der Waals surface area contributed by atoms with Gasteiger partial charge in [0.2, 0.25) is 0 Å². The molecule has 0 fully saturated rings. The highest BCUT2D eigenvalue weighted by Gasteiger charge is 2.14. The molecule has 1 atom stereocenters. The summed E-state index contributed by atoms with van der Waals surface area (Å²) in [5.74, 6) is 0. The van der Waals surface area contributed by atoms with E-state index < -0.39 is 0 Å². The van der Waals surface area contributed by atoms with Crippen molar-refractivity contribution in [3.05, 3.63) is 36.0 Å². The lowest BCUT2D eigenvalue weighted by Gasteiger charge is -2.13. The Balaban J connectivity index is 2.51. The molecule has 0 aliphatic carbocycles. The van der Waals surface area contributed by atoms with Gasteiger partial charge < -0.3 is 15.0 Å². The minimum Gasteiger partial charge on any atom is -0.396 e. The second-order valence-electron chi connectivity index (χ2n) is 4.07. The predicted octanol–water partition coefficient (Wildman–Crippen LogP) is 1.82. The lowest BCUT2D eigenvalue weighted by atomic mass is 10.0. The summed E-state index contributed by atoms with van der Waals surface area (Å²) in [6, 6.07) is 8.57. The summed E-state index contributed by atoms with van der Waals surface area (Å²) in [5.41, 5.74) is 2.49. The minimum atomic E-state index is 0.203. The molecule has 0 bridgehead atoms. The monoisotopic (exact) mass is 218 g/mol. The molecule has 0 radical (unpaired) electrons. The van der Waals surface area contributed by atoms with Crippen molar-refractivity contribution < 1.29 is 5.11 Å². The van der Waals surface area contributed by atoms with Crippen LogP contribution in [0.15, 0.2) is 30.5 Å². The van der Waals surface area contributed by atoms with Crippen LogP contribution in [0.1, 0.15) is 18.0 Å². The molecule has 2 rings (SSSR count). The average molecular weight is 218 g/mol. The predicted molar refractivity (Wildman–Crippen MR) is 66.4 cm³/mol. The van der Waals surface area contributed by atoms with Crippen LogP contribution in [0.5, 0.6) is 0 Å². The highest BCUT2D eigenvalue weighted by atomic mass is 16.3. The topological polar surface area (TPSA) is 37.2 Å². The summed E-state index contributed by atoms with van der Waals surface area (Å²) < 4.78 is 2.13. The first kappa shape index (κ1) is 11.2. The molecule has 1 aromatic carbocycles. The maximum atomic E-state index is 9.06. The summed E-state index contributed by atoms with van der Waals surface area (Å²) in [4.78, 5) is 0. The minimum absolute atomic E-state index is 0.203. The fraction of sp³-hybridized carbons (Fsp3) is 0.385. The number of nitrogens with zero attached hydrogens (tertiary/aromatic N) is 1. The first-order valence-electron chi connectivity index (χ1n) is 5.60. The van der Waals surface area contributed by atoms with E-state index in [1.165, 1.54) is 16.5 Å². The van der Waals surface area contributed by atoms with Gasteiger partial charge in [-0.05, 0) is 25.1 Å². The van der Waals surface area contributed by atoms with Crippen LogP contribution in [0.2, 0.25) is 0 Å². The van der Waals surface area contributed by atoms with Gasteiger partial charge in [0.15, 0.2) is 0 Å². The number of fused-ring (bicyclic) bond motifs is 1. The Morgan fingerprint density at radius 1 is 1.38 bits per heavy atom. The first-order chi connectivity index (χ1) is 7.77. The van der Waals surface area contributed by atoms with E-state index in [1.807, 2.05) is 13.1 Å². The van der Waals surface area contributed by atoms with Gasteiger partial charge in [0.1, 0.15) is 0 Å². The lowest BCUT2D eigenvalue weighted by molar-refractivity contribution is 0.269. The maximum Gasteiger partial charge on any atom is 0.0481 e. The molecule has 0 amide bonds. The smallest absolute Gasteiger partial charge is 0.0481 e. The van der Waals surface area contributed by atoms with E-state index in [0.717, 1.165) is 6.42 Å². The molecule has 1 heterocycles. The number of hydrogen-bond donors (Lipinski definition) is 2. The molecule has 0 saturated heterocycles. The lowest BCUT2D eigenvalue weighted by Crippen LogP contribution is -2.17. The normalized spacial score (nSPS) is 13.2. The highest BCUT2D eigenvalue weighted by Crippen LogP contribution is 2.27. The van der Waals surface area contributed by atoms with Gasteiger partial charge in [-0.3, -0.25) is 0 Å². The van der Waals surface area contributed by atoms with Crippen LogP contribution >= 0.6 is 0 Å². The number of benzene rings is 1. The second kappa shape index (κ2) is 4.68. The number of nitrogens with one attached hydrogen (secondary N) is 1. The van der Waals surface area contributed by atoms with Gasteiger partial charge in [-0.2, -0.15) is 0 Å². The van der Waals surface area contributed by atoms with E-state index >= 15 is 0 Å². The van der Waals surface area contributed by atoms with Gasteiger partial charge in [0.05, 0.1) is 0 Å². The Hall–Kier alpha value is -1.32. The van der Waals surface area contributed by atoms with E-state index in [2.05, 4.69) is 41.3 Å². The zero-order chi connectivity index (χ0) is 11.5. The standard InChI is InChI=1S/C13H18N2O/c1-14-12(7-8-16)11-9-15(2)13-6-4-3-5-10(11)13/h3-6,9,12,14,16H,7-8H2,1-2H3. The van der Waals surface area contributed by atoms with Gasteiger partial charge >= 0.3 is 0 Å². The van der Waals surface area contributed by atoms with Crippen molar-refractivity contribution in [1.29, 1.82) is 0 Å². The average Bonchev–Trinajstić information content (AvgIpc) is 2.65. The number of para-hydroxylation sites is 1.